The van der Waals surface area contributed by atoms with Crippen molar-refractivity contribution in [2.45, 2.75) is 51.5 Å². The summed E-state index contributed by atoms with van der Waals surface area (Å²) in [6.07, 6.45) is 6.45. The predicted octanol–water partition coefficient (Wildman–Crippen LogP) is 4.09. The number of ether oxygens (including phenoxy) is 1. The van der Waals surface area contributed by atoms with Gasteiger partial charge in [0.15, 0.2) is 5.65 Å². The van der Waals surface area contributed by atoms with Crippen LogP contribution in [0.5, 0.6) is 0 Å². The number of carbonyl (C=O) groups excluding carboxylic acids is 1. The summed E-state index contributed by atoms with van der Waals surface area (Å²) in [6.45, 7) is 4.79. The molecular formula is C23H29F2N7O2. The summed E-state index contributed by atoms with van der Waals surface area (Å²) in [5.74, 6) is 0.818. The molecule has 0 spiro atoms. The zero-order valence-electron chi connectivity index (χ0n) is 19.2. The van der Waals surface area contributed by atoms with Gasteiger partial charge in [-0.1, -0.05) is 13.3 Å². The zero-order valence-corrected chi connectivity index (χ0v) is 19.2. The summed E-state index contributed by atoms with van der Waals surface area (Å²) < 4.78 is 36.4. The predicted molar refractivity (Wildman–Crippen MR) is 122 cm³/mol. The van der Waals surface area contributed by atoms with Crippen molar-refractivity contribution in [1.82, 2.24) is 24.4 Å². The summed E-state index contributed by atoms with van der Waals surface area (Å²) in [6, 6.07) is 1.76. The smallest absolute Gasteiger partial charge is 0.282 e. The van der Waals surface area contributed by atoms with E-state index < -0.39 is 12.3 Å². The van der Waals surface area contributed by atoms with Crippen molar-refractivity contribution < 1.29 is 18.3 Å². The largest absolute Gasteiger partial charge is 0.378 e. The van der Waals surface area contributed by atoms with Crippen LogP contribution >= 0.6 is 0 Å². The van der Waals surface area contributed by atoms with Crippen molar-refractivity contribution in [1.29, 1.82) is 0 Å². The second-order valence-corrected chi connectivity index (χ2v) is 8.94. The second-order valence-electron chi connectivity index (χ2n) is 8.94. The molecule has 2 aliphatic rings. The number of nitrogens with zero attached hydrogens (tertiary/aromatic N) is 6. The van der Waals surface area contributed by atoms with Gasteiger partial charge in [-0.2, -0.15) is 10.2 Å². The first-order chi connectivity index (χ1) is 16.5. The third-order valence-corrected chi connectivity index (χ3v) is 6.96. The third-order valence-electron chi connectivity index (χ3n) is 6.96. The highest BCUT2D eigenvalue weighted by Crippen LogP contribution is 2.38. The van der Waals surface area contributed by atoms with Crippen LogP contribution in [0.15, 0.2) is 24.7 Å². The Kier molecular flexibility index (Phi) is 6.44. The molecule has 0 radical (unpaired) electrons. The molecule has 0 unspecified atom stereocenters. The van der Waals surface area contributed by atoms with E-state index in [0.29, 0.717) is 43.7 Å². The number of carbonyl (C=O) groups is 1. The molecular weight excluding hydrogens is 444 g/mol. The molecule has 1 aliphatic carbocycles. The van der Waals surface area contributed by atoms with E-state index in [1.165, 1.54) is 21.6 Å². The molecule has 182 valence electrons. The molecule has 4 heterocycles. The first-order valence-corrected chi connectivity index (χ1v) is 11.9. The summed E-state index contributed by atoms with van der Waals surface area (Å²) in [5.41, 5.74) is 0.366. The summed E-state index contributed by atoms with van der Waals surface area (Å²) in [4.78, 5) is 19.8. The van der Waals surface area contributed by atoms with Gasteiger partial charge in [0.25, 0.3) is 12.3 Å². The quantitative estimate of drug-likeness (QED) is 0.580. The Hall–Kier alpha value is -3.08. The fourth-order valence-corrected chi connectivity index (χ4v) is 4.95. The van der Waals surface area contributed by atoms with Crippen LogP contribution in [0.25, 0.3) is 5.65 Å². The van der Waals surface area contributed by atoms with Crippen LogP contribution in [-0.2, 0) is 4.74 Å². The maximum atomic E-state index is 14.1. The monoisotopic (exact) mass is 473 g/mol. The van der Waals surface area contributed by atoms with Crippen LogP contribution in [0.2, 0.25) is 0 Å². The molecule has 11 heteroatoms. The number of hydrogen-bond acceptors (Lipinski definition) is 6. The molecule has 0 aromatic carbocycles. The highest BCUT2D eigenvalue weighted by atomic mass is 19.3. The number of nitrogens with one attached hydrogen (secondary N) is 1. The Morgan fingerprint density at radius 1 is 1.18 bits per heavy atom. The van der Waals surface area contributed by atoms with E-state index in [4.69, 9.17) is 4.74 Å². The van der Waals surface area contributed by atoms with Gasteiger partial charge in [-0.05, 0) is 37.7 Å². The number of halogens is 2. The number of aromatic nitrogens is 5. The molecule has 1 amide bonds. The lowest BCUT2D eigenvalue weighted by atomic mass is 9.84. The van der Waals surface area contributed by atoms with Gasteiger partial charge in [0, 0.05) is 19.3 Å². The molecule has 1 N–H and O–H groups in total. The Balaban J connectivity index is 1.38. The van der Waals surface area contributed by atoms with Gasteiger partial charge in [-0.3, -0.25) is 9.48 Å². The van der Waals surface area contributed by atoms with E-state index in [9.17, 15) is 13.6 Å². The molecule has 34 heavy (non-hydrogen) atoms. The minimum Gasteiger partial charge on any atom is -0.378 e. The number of hydrogen-bond donors (Lipinski definition) is 1. The first-order valence-electron chi connectivity index (χ1n) is 11.9. The second kappa shape index (κ2) is 9.65. The van der Waals surface area contributed by atoms with E-state index >= 15 is 0 Å². The maximum absolute atomic E-state index is 14.1. The van der Waals surface area contributed by atoms with Gasteiger partial charge in [-0.25, -0.2) is 18.3 Å². The highest BCUT2D eigenvalue weighted by molar-refractivity contribution is 6.08. The fourth-order valence-electron chi connectivity index (χ4n) is 4.95. The summed E-state index contributed by atoms with van der Waals surface area (Å²) in [7, 11) is 0. The molecule has 1 saturated carbocycles. The molecule has 3 aromatic heterocycles. The number of rotatable bonds is 6. The molecule has 0 atom stereocenters. The van der Waals surface area contributed by atoms with Gasteiger partial charge < -0.3 is 15.0 Å². The van der Waals surface area contributed by atoms with Crippen molar-refractivity contribution in [2.24, 2.45) is 5.92 Å². The number of amides is 1. The van der Waals surface area contributed by atoms with E-state index in [0.717, 1.165) is 32.1 Å². The van der Waals surface area contributed by atoms with Crippen LogP contribution in [0, 0.1) is 5.92 Å². The SMILES string of the molecule is CC[C@H]1CC[C@H](n2ncc(NC(=O)c3cnn4ccc(N5CCOCC5)nc34)c2C(F)F)CC1. The fraction of sp³-hybridized carbons (Fsp3) is 0.565. The van der Waals surface area contributed by atoms with E-state index in [1.54, 1.807) is 6.20 Å². The lowest BCUT2D eigenvalue weighted by molar-refractivity contribution is 0.102. The normalized spacial score (nSPS) is 21.4. The standard InChI is InChI=1S/C23H29F2N7O2/c1-2-15-3-5-16(6-4-15)32-20(21(24)25)18(14-27-32)28-23(33)17-13-26-31-8-7-19(29-22(17)31)30-9-11-34-12-10-30/h7-8,13-16,21H,2-6,9-12H2,1H3,(H,28,33)/t15-,16-. The van der Waals surface area contributed by atoms with Gasteiger partial charge in [0.1, 0.15) is 17.1 Å². The Morgan fingerprint density at radius 2 is 1.94 bits per heavy atom. The highest BCUT2D eigenvalue weighted by Gasteiger charge is 2.29. The molecule has 5 rings (SSSR count). The van der Waals surface area contributed by atoms with Gasteiger partial charge in [0.2, 0.25) is 0 Å². The molecule has 2 fully saturated rings. The lowest BCUT2D eigenvalue weighted by Gasteiger charge is -2.29. The molecule has 3 aromatic rings. The van der Waals surface area contributed by atoms with Gasteiger partial charge >= 0.3 is 0 Å². The molecule has 9 nitrogen and oxygen atoms in total. The zero-order chi connectivity index (χ0) is 23.7. The number of anilines is 2. The maximum Gasteiger partial charge on any atom is 0.282 e. The third kappa shape index (κ3) is 4.36. The summed E-state index contributed by atoms with van der Waals surface area (Å²) in [5, 5.41) is 11.1. The van der Waals surface area contributed by atoms with E-state index in [1.807, 2.05) is 6.07 Å². The Labute approximate surface area is 196 Å². The average molecular weight is 474 g/mol. The Morgan fingerprint density at radius 3 is 2.65 bits per heavy atom. The molecule has 0 bridgehead atoms. The molecule has 1 saturated heterocycles. The Bertz CT molecular complexity index is 1150. The van der Waals surface area contributed by atoms with Crippen LogP contribution in [0.4, 0.5) is 20.3 Å². The van der Waals surface area contributed by atoms with E-state index in [2.05, 4.69) is 32.3 Å². The van der Waals surface area contributed by atoms with Crippen molar-refractivity contribution in [3.05, 3.63) is 35.9 Å². The topological polar surface area (TPSA) is 89.6 Å². The van der Waals surface area contributed by atoms with Gasteiger partial charge in [0.05, 0.1) is 37.3 Å². The average Bonchev–Trinajstić information content (AvgIpc) is 3.48. The van der Waals surface area contributed by atoms with E-state index in [-0.39, 0.29) is 23.0 Å². The van der Waals surface area contributed by atoms with Crippen LogP contribution in [-0.4, -0.2) is 56.6 Å². The number of alkyl halides is 2. The van der Waals surface area contributed by atoms with Gasteiger partial charge in [-0.15, -0.1) is 0 Å². The van der Waals surface area contributed by atoms with Crippen molar-refractivity contribution in [2.75, 3.05) is 36.5 Å². The number of fused-ring (bicyclic) bond motifs is 1. The lowest BCUT2D eigenvalue weighted by Crippen LogP contribution is -2.36. The van der Waals surface area contributed by atoms with Crippen molar-refractivity contribution >= 4 is 23.1 Å². The minimum atomic E-state index is -2.75. The van der Waals surface area contributed by atoms with Crippen molar-refractivity contribution in [3.63, 3.8) is 0 Å². The van der Waals surface area contributed by atoms with Crippen LogP contribution in [0.1, 0.15) is 67.5 Å². The minimum absolute atomic E-state index is 0.0290. The summed E-state index contributed by atoms with van der Waals surface area (Å²) >= 11 is 0. The molecule has 1 aliphatic heterocycles. The van der Waals surface area contributed by atoms with Crippen LogP contribution in [0.3, 0.4) is 0 Å². The van der Waals surface area contributed by atoms with Crippen LogP contribution < -0.4 is 10.2 Å². The first kappa shape index (κ1) is 22.7. The van der Waals surface area contributed by atoms with Crippen molar-refractivity contribution in [3.8, 4) is 0 Å². The number of morpholine rings is 1.